The molecule has 1 aliphatic heterocycles. The molecule has 1 aliphatic rings. The molecular formula is C13H20N2O2S. The molecule has 1 aromatic rings. The van der Waals surface area contributed by atoms with E-state index in [9.17, 15) is 0 Å². The van der Waals surface area contributed by atoms with Crippen LogP contribution in [0.5, 0.6) is 11.5 Å². The van der Waals surface area contributed by atoms with E-state index in [1.165, 1.54) is 17.9 Å². The van der Waals surface area contributed by atoms with Crippen molar-refractivity contribution in [3.63, 3.8) is 0 Å². The van der Waals surface area contributed by atoms with Crippen LogP contribution in [0, 0.1) is 5.92 Å². The summed E-state index contributed by atoms with van der Waals surface area (Å²) >= 11 is 2.04. The smallest absolute Gasteiger partial charge is 0.183 e. The first-order valence-corrected chi connectivity index (χ1v) is 7.35. The van der Waals surface area contributed by atoms with Gasteiger partial charge >= 0.3 is 0 Å². The quantitative estimate of drug-likeness (QED) is 0.854. The molecule has 2 rings (SSSR count). The van der Waals surface area contributed by atoms with Gasteiger partial charge in [-0.1, -0.05) is 0 Å². The maximum atomic E-state index is 5.36. The van der Waals surface area contributed by atoms with E-state index in [1.54, 1.807) is 20.4 Å². The number of hydrogen-bond acceptors (Lipinski definition) is 5. The molecule has 0 aromatic carbocycles. The van der Waals surface area contributed by atoms with E-state index in [2.05, 4.69) is 10.3 Å². The molecule has 100 valence electrons. The third kappa shape index (κ3) is 3.29. The zero-order valence-electron chi connectivity index (χ0n) is 10.9. The lowest BCUT2D eigenvalue weighted by atomic mass is 10.1. The van der Waals surface area contributed by atoms with Crippen LogP contribution in [0.4, 0.5) is 0 Å². The summed E-state index contributed by atoms with van der Waals surface area (Å²) in [6.07, 6.45) is 3.07. The van der Waals surface area contributed by atoms with E-state index >= 15 is 0 Å². The van der Waals surface area contributed by atoms with Gasteiger partial charge in [0.1, 0.15) is 0 Å². The van der Waals surface area contributed by atoms with Crippen molar-refractivity contribution >= 4 is 11.8 Å². The Morgan fingerprint density at radius 2 is 2.33 bits per heavy atom. The van der Waals surface area contributed by atoms with Gasteiger partial charge in [0.05, 0.1) is 19.9 Å². The molecule has 5 heteroatoms. The molecule has 1 saturated heterocycles. The standard InChI is InChI=1S/C13H20N2O2S/c1-16-12-3-5-15-11(13(12)17-2)8-14-7-10-4-6-18-9-10/h3,5,10,14H,4,6-9H2,1-2H3. The Balaban J connectivity index is 1.91. The molecule has 0 saturated carbocycles. The molecule has 1 N–H and O–H groups in total. The van der Waals surface area contributed by atoms with Crippen LogP contribution in [-0.4, -0.2) is 37.3 Å². The Labute approximate surface area is 112 Å². The van der Waals surface area contributed by atoms with E-state index in [1.807, 2.05) is 17.8 Å². The van der Waals surface area contributed by atoms with Crippen molar-refractivity contribution in [2.75, 3.05) is 32.3 Å². The number of pyridine rings is 1. The maximum absolute atomic E-state index is 5.36. The van der Waals surface area contributed by atoms with Crippen LogP contribution < -0.4 is 14.8 Å². The minimum atomic E-state index is 0.724. The fraction of sp³-hybridized carbons (Fsp3) is 0.615. The van der Waals surface area contributed by atoms with Crippen LogP contribution in [-0.2, 0) is 6.54 Å². The molecule has 0 spiro atoms. The van der Waals surface area contributed by atoms with Crippen LogP contribution >= 0.6 is 11.8 Å². The highest BCUT2D eigenvalue weighted by atomic mass is 32.2. The Hall–Kier alpha value is -0.940. The number of methoxy groups -OCH3 is 2. The van der Waals surface area contributed by atoms with Crippen molar-refractivity contribution in [1.82, 2.24) is 10.3 Å². The van der Waals surface area contributed by atoms with Gasteiger partial charge in [0.25, 0.3) is 0 Å². The maximum Gasteiger partial charge on any atom is 0.183 e. The summed E-state index contributed by atoms with van der Waals surface area (Å²) < 4.78 is 10.6. The third-order valence-corrected chi connectivity index (χ3v) is 4.35. The molecule has 4 nitrogen and oxygen atoms in total. The van der Waals surface area contributed by atoms with Crippen LogP contribution in [0.25, 0.3) is 0 Å². The van der Waals surface area contributed by atoms with Gasteiger partial charge in [-0.15, -0.1) is 0 Å². The van der Waals surface area contributed by atoms with Gasteiger partial charge in [0.2, 0.25) is 0 Å². The van der Waals surface area contributed by atoms with E-state index in [0.717, 1.165) is 36.2 Å². The molecule has 1 fully saturated rings. The predicted octanol–water partition coefficient (Wildman–Crippen LogP) is 1.94. The largest absolute Gasteiger partial charge is 0.493 e. The summed E-state index contributed by atoms with van der Waals surface area (Å²) in [6.45, 7) is 1.77. The number of hydrogen-bond donors (Lipinski definition) is 1. The second-order valence-electron chi connectivity index (χ2n) is 4.35. The lowest BCUT2D eigenvalue weighted by Gasteiger charge is -2.13. The molecule has 0 aliphatic carbocycles. The lowest BCUT2D eigenvalue weighted by Crippen LogP contribution is -2.23. The molecule has 1 atom stereocenters. The van der Waals surface area contributed by atoms with Crippen LogP contribution in [0.3, 0.4) is 0 Å². The molecule has 18 heavy (non-hydrogen) atoms. The van der Waals surface area contributed by atoms with Crippen molar-refractivity contribution < 1.29 is 9.47 Å². The van der Waals surface area contributed by atoms with E-state index < -0.39 is 0 Å². The fourth-order valence-electron chi connectivity index (χ4n) is 2.12. The van der Waals surface area contributed by atoms with E-state index in [-0.39, 0.29) is 0 Å². The summed E-state index contributed by atoms with van der Waals surface area (Å²) in [5, 5.41) is 3.46. The van der Waals surface area contributed by atoms with Crippen molar-refractivity contribution in [3.8, 4) is 11.5 Å². The highest BCUT2D eigenvalue weighted by Crippen LogP contribution is 2.29. The normalized spacial score (nSPS) is 18.9. The highest BCUT2D eigenvalue weighted by Gasteiger charge is 2.16. The van der Waals surface area contributed by atoms with Gasteiger partial charge in [-0.05, 0) is 30.4 Å². The number of thioether (sulfide) groups is 1. The molecule has 0 bridgehead atoms. The first-order valence-electron chi connectivity index (χ1n) is 6.19. The average Bonchev–Trinajstić information content (AvgIpc) is 2.91. The zero-order valence-corrected chi connectivity index (χ0v) is 11.8. The lowest BCUT2D eigenvalue weighted by molar-refractivity contribution is 0.347. The van der Waals surface area contributed by atoms with Gasteiger partial charge in [0.15, 0.2) is 11.5 Å². The summed E-state index contributed by atoms with van der Waals surface area (Å²) in [4.78, 5) is 4.35. The Kier molecular flexibility index (Phi) is 5.13. The second kappa shape index (κ2) is 6.85. The van der Waals surface area contributed by atoms with Gasteiger partial charge in [-0.25, -0.2) is 0 Å². The SMILES string of the molecule is COc1ccnc(CNCC2CCSC2)c1OC. The predicted molar refractivity (Wildman–Crippen MR) is 74.5 cm³/mol. The van der Waals surface area contributed by atoms with Crippen LogP contribution in [0.1, 0.15) is 12.1 Å². The van der Waals surface area contributed by atoms with Crippen molar-refractivity contribution in [2.45, 2.75) is 13.0 Å². The summed E-state index contributed by atoms with van der Waals surface area (Å²) in [7, 11) is 3.29. The molecule has 0 radical (unpaired) electrons. The van der Waals surface area contributed by atoms with Gasteiger partial charge in [-0.2, -0.15) is 11.8 Å². The monoisotopic (exact) mass is 268 g/mol. The third-order valence-electron chi connectivity index (χ3n) is 3.12. The molecule has 0 amide bonds. The number of nitrogens with zero attached hydrogens (tertiary/aromatic N) is 1. The van der Waals surface area contributed by atoms with Crippen LogP contribution in [0.15, 0.2) is 12.3 Å². The summed E-state index contributed by atoms with van der Waals surface area (Å²) in [5.41, 5.74) is 0.905. The van der Waals surface area contributed by atoms with Gasteiger partial charge in [0, 0.05) is 18.8 Å². The topological polar surface area (TPSA) is 43.4 Å². The Morgan fingerprint density at radius 3 is 3.00 bits per heavy atom. The minimum absolute atomic E-state index is 0.724. The number of nitrogens with one attached hydrogen (secondary N) is 1. The first-order chi connectivity index (χ1) is 8.85. The Morgan fingerprint density at radius 1 is 1.44 bits per heavy atom. The molecular weight excluding hydrogens is 248 g/mol. The van der Waals surface area contributed by atoms with Crippen LogP contribution in [0.2, 0.25) is 0 Å². The van der Waals surface area contributed by atoms with Gasteiger partial charge in [-0.3, -0.25) is 4.98 Å². The van der Waals surface area contributed by atoms with Gasteiger partial charge < -0.3 is 14.8 Å². The molecule has 2 heterocycles. The second-order valence-corrected chi connectivity index (χ2v) is 5.50. The van der Waals surface area contributed by atoms with Crippen molar-refractivity contribution in [1.29, 1.82) is 0 Å². The van der Waals surface area contributed by atoms with E-state index in [4.69, 9.17) is 9.47 Å². The number of ether oxygens (including phenoxy) is 2. The molecule has 1 aromatic heterocycles. The Bertz CT molecular complexity index is 381. The van der Waals surface area contributed by atoms with Crippen molar-refractivity contribution in [2.24, 2.45) is 5.92 Å². The van der Waals surface area contributed by atoms with E-state index in [0.29, 0.717) is 0 Å². The summed E-state index contributed by atoms with van der Waals surface area (Å²) in [6, 6.07) is 1.82. The number of rotatable bonds is 6. The van der Waals surface area contributed by atoms with Crippen molar-refractivity contribution in [3.05, 3.63) is 18.0 Å². The molecule has 1 unspecified atom stereocenters. The fourth-order valence-corrected chi connectivity index (χ4v) is 3.40. The zero-order chi connectivity index (χ0) is 12.8. The highest BCUT2D eigenvalue weighted by molar-refractivity contribution is 7.99. The summed E-state index contributed by atoms with van der Waals surface area (Å²) in [5.74, 6) is 4.84. The average molecular weight is 268 g/mol. The first kappa shape index (κ1) is 13.5. The minimum Gasteiger partial charge on any atom is -0.493 e. The number of aromatic nitrogens is 1.